The second-order valence-corrected chi connectivity index (χ2v) is 4.22. The van der Waals surface area contributed by atoms with Gasteiger partial charge in [-0.25, -0.2) is 0 Å². The van der Waals surface area contributed by atoms with E-state index in [9.17, 15) is 4.79 Å². The second kappa shape index (κ2) is 6.02. The molecule has 0 radical (unpaired) electrons. The maximum Gasteiger partial charge on any atom is 0.234 e. The van der Waals surface area contributed by atoms with Crippen LogP contribution in [-0.4, -0.2) is 25.0 Å². The van der Waals surface area contributed by atoms with Crippen LogP contribution in [0.2, 0.25) is 0 Å². The third-order valence-electron chi connectivity index (χ3n) is 2.96. The van der Waals surface area contributed by atoms with Gasteiger partial charge in [-0.15, -0.1) is 0 Å². The summed E-state index contributed by atoms with van der Waals surface area (Å²) < 4.78 is 0. The fourth-order valence-electron chi connectivity index (χ4n) is 1.74. The van der Waals surface area contributed by atoms with Gasteiger partial charge in [-0.1, -0.05) is 13.3 Å². The molecule has 0 aromatic carbocycles. The highest BCUT2D eigenvalue weighted by Gasteiger charge is 2.24. The Balaban J connectivity index is 2.06. The predicted octanol–water partition coefficient (Wildman–Crippen LogP) is 1.29. The molecule has 1 aliphatic rings. The van der Waals surface area contributed by atoms with Crippen LogP contribution in [0.15, 0.2) is 0 Å². The molecule has 0 bridgehead atoms. The van der Waals surface area contributed by atoms with Crippen molar-refractivity contribution >= 4 is 5.91 Å². The molecule has 1 atom stereocenters. The van der Waals surface area contributed by atoms with Crippen LogP contribution in [0, 0.1) is 5.92 Å². The zero-order valence-electron chi connectivity index (χ0n) is 9.31. The van der Waals surface area contributed by atoms with Crippen molar-refractivity contribution in [1.82, 2.24) is 10.6 Å². The van der Waals surface area contributed by atoms with Crippen molar-refractivity contribution in [2.75, 3.05) is 13.1 Å². The summed E-state index contributed by atoms with van der Waals surface area (Å²) in [6, 6.07) is 0.361. The first kappa shape index (κ1) is 11.5. The lowest BCUT2D eigenvalue weighted by atomic mass is 9.80. The monoisotopic (exact) mass is 198 g/mol. The molecule has 3 nitrogen and oxygen atoms in total. The molecule has 1 fully saturated rings. The van der Waals surface area contributed by atoms with Crippen molar-refractivity contribution in [3.05, 3.63) is 0 Å². The van der Waals surface area contributed by atoms with E-state index in [1.54, 1.807) is 0 Å². The summed E-state index contributed by atoms with van der Waals surface area (Å²) in [6.07, 6.45) is 4.97. The molecule has 0 spiro atoms. The van der Waals surface area contributed by atoms with Crippen LogP contribution in [0.4, 0.5) is 0 Å². The molecule has 0 heterocycles. The first-order chi connectivity index (χ1) is 6.74. The Labute approximate surface area is 86.6 Å². The Morgan fingerprint density at radius 1 is 1.50 bits per heavy atom. The largest absolute Gasteiger partial charge is 0.352 e. The highest BCUT2D eigenvalue weighted by molar-refractivity contribution is 5.78. The third-order valence-corrected chi connectivity index (χ3v) is 2.96. The van der Waals surface area contributed by atoms with Crippen molar-refractivity contribution in [2.24, 2.45) is 5.92 Å². The first-order valence-electron chi connectivity index (χ1n) is 5.74. The van der Waals surface area contributed by atoms with Crippen LogP contribution in [0.5, 0.6) is 0 Å². The number of nitrogens with one attached hydrogen (secondary N) is 2. The van der Waals surface area contributed by atoms with Gasteiger partial charge in [-0.2, -0.15) is 0 Å². The Bertz CT molecular complexity index is 178. The quantitative estimate of drug-likeness (QED) is 0.631. The molecule has 1 amide bonds. The number of carbonyl (C=O) groups excluding carboxylic acids is 1. The number of hydrogen-bond acceptors (Lipinski definition) is 2. The van der Waals surface area contributed by atoms with E-state index < -0.39 is 0 Å². The molecule has 1 rings (SSSR count). The Morgan fingerprint density at radius 3 is 2.71 bits per heavy atom. The van der Waals surface area contributed by atoms with E-state index in [0.29, 0.717) is 12.6 Å². The van der Waals surface area contributed by atoms with Gasteiger partial charge >= 0.3 is 0 Å². The molecule has 1 saturated carbocycles. The average molecular weight is 198 g/mol. The lowest BCUT2D eigenvalue weighted by Crippen LogP contribution is -2.44. The first-order valence-corrected chi connectivity index (χ1v) is 5.74. The van der Waals surface area contributed by atoms with Crippen molar-refractivity contribution in [2.45, 2.75) is 45.6 Å². The van der Waals surface area contributed by atoms with Crippen LogP contribution in [-0.2, 0) is 4.79 Å². The van der Waals surface area contributed by atoms with Crippen molar-refractivity contribution < 1.29 is 4.79 Å². The van der Waals surface area contributed by atoms with Crippen LogP contribution in [0.25, 0.3) is 0 Å². The normalized spacial score (nSPS) is 18.7. The van der Waals surface area contributed by atoms with Crippen LogP contribution in [0.3, 0.4) is 0 Å². The van der Waals surface area contributed by atoms with E-state index >= 15 is 0 Å². The molecule has 1 unspecified atom stereocenters. The molecule has 2 N–H and O–H groups in total. The van der Waals surface area contributed by atoms with E-state index in [4.69, 9.17) is 0 Å². The van der Waals surface area contributed by atoms with E-state index in [1.165, 1.54) is 19.3 Å². The maximum absolute atomic E-state index is 11.4. The molecule has 0 aliphatic heterocycles. The van der Waals surface area contributed by atoms with Crippen molar-refractivity contribution in [1.29, 1.82) is 0 Å². The number of amides is 1. The van der Waals surface area contributed by atoms with Gasteiger partial charge in [0.1, 0.15) is 0 Å². The summed E-state index contributed by atoms with van der Waals surface area (Å²) in [5.74, 6) is 0.864. The van der Waals surface area contributed by atoms with Crippen molar-refractivity contribution in [3.8, 4) is 0 Å². The fourth-order valence-corrected chi connectivity index (χ4v) is 1.74. The topological polar surface area (TPSA) is 41.1 Å². The minimum absolute atomic E-state index is 0.137. The van der Waals surface area contributed by atoms with Crippen molar-refractivity contribution in [3.63, 3.8) is 0 Å². The molecule has 3 heteroatoms. The van der Waals surface area contributed by atoms with Gasteiger partial charge in [0.05, 0.1) is 6.54 Å². The summed E-state index contributed by atoms with van der Waals surface area (Å²) in [5, 5.41) is 6.14. The fraction of sp³-hybridized carbons (Fsp3) is 0.909. The van der Waals surface area contributed by atoms with Gasteiger partial charge in [0.15, 0.2) is 0 Å². The lowest BCUT2D eigenvalue weighted by molar-refractivity contribution is -0.121. The SMILES string of the molecule is CCCNCC(=O)NC(C)C1CCC1. The molecule has 1 aliphatic carbocycles. The molecule has 0 aromatic heterocycles. The predicted molar refractivity (Wildman–Crippen MR) is 58.1 cm³/mol. The van der Waals surface area contributed by atoms with Crippen LogP contribution < -0.4 is 10.6 Å². The second-order valence-electron chi connectivity index (χ2n) is 4.22. The van der Waals surface area contributed by atoms with Gasteiger partial charge in [-0.3, -0.25) is 4.79 Å². The highest BCUT2D eigenvalue weighted by atomic mass is 16.1. The molecular weight excluding hydrogens is 176 g/mol. The average Bonchev–Trinajstić information content (AvgIpc) is 2.00. The van der Waals surface area contributed by atoms with Gasteiger partial charge in [0.2, 0.25) is 5.91 Å². The third kappa shape index (κ3) is 3.66. The number of hydrogen-bond donors (Lipinski definition) is 2. The number of carbonyl (C=O) groups is 1. The van der Waals surface area contributed by atoms with Crippen LogP contribution in [0.1, 0.15) is 39.5 Å². The Kier molecular flexibility index (Phi) is 4.94. The van der Waals surface area contributed by atoms with Gasteiger partial charge in [0, 0.05) is 6.04 Å². The smallest absolute Gasteiger partial charge is 0.234 e. The van der Waals surface area contributed by atoms with Gasteiger partial charge < -0.3 is 10.6 Å². The summed E-state index contributed by atoms with van der Waals surface area (Å²) in [5.41, 5.74) is 0. The summed E-state index contributed by atoms with van der Waals surface area (Å²) in [6.45, 7) is 5.60. The van der Waals surface area contributed by atoms with E-state index in [-0.39, 0.29) is 5.91 Å². The maximum atomic E-state index is 11.4. The molecule has 14 heavy (non-hydrogen) atoms. The number of rotatable bonds is 6. The minimum atomic E-state index is 0.137. The minimum Gasteiger partial charge on any atom is -0.352 e. The lowest BCUT2D eigenvalue weighted by Gasteiger charge is -2.31. The van der Waals surface area contributed by atoms with E-state index in [1.807, 2.05) is 0 Å². The Hall–Kier alpha value is -0.570. The molecule has 0 aromatic rings. The summed E-state index contributed by atoms with van der Waals surface area (Å²) in [7, 11) is 0. The molecule has 82 valence electrons. The van der Waals surface area contributed by atoms with E-state index in [0.717, 1.165) is 18.9 Å². The zero-order chi connectivity index (χ0) is 10.4. The highest BCUT2D eigenvalue weighted by Crippen LogP contribution is 2.29. The molecular formula is C11H22N2O. The van der Waals surface area contributed by atoms with Crippen LogP contribution >= 0.6 is 0 Å². The standard InChI is InChI=1S/C11H22N2O/c1-3-7-12-8-11(14)13-9(2)10-5-4-6-10/h9-10,12H,3-8H2,1-2H3,(H,13,14). The van der Waals surface area contributed by atoms with Gasteiger partial charge in [-0.05, 0) is 38.6 Å². The summed E-state index contributed by atoms with van der Waals surface area (Å²) in [4.78, 5) is 11.4. The molecule has 0 saturated heterocycles. The van der Waals surface area contributed by atoms with Gasteiger partial charge in [0.25, 0.3) is 0 Å². The van der Waals surface area contributed by atoms with E-state index in [2.05, 4.69) is 24.5 Å². The Morgan fingerprint density at radius 2 is 2.21 bits per heavy atom. The zero-order valence-corrected chi connectivity index (χ0v) is 9.31. The summed E-state index contributed by atoms with van der Waals surface area (Å²) >= 11 is 0.